The van der Waals surface area contributed by atoms with E-state index in [1.54, 1.807) is 41.5 Å². The van der Waals surface area contributed by atoms with Crippen molar-refractivity contribution in [3.05, 3.63) is 33.4 Å². The lowest BCUT2D eigenvalue weighted by Gasteiger charge is -2.27. The molecule has 0 saturated heterocycles. The Morgan fingerprint density at radius 1 is 1.07 bits per heavy atom. The number of carbonyl (C=O) groups excluding carboxylic acids is 2. The summed E-state index contributed by atoms with van der Waals surface area (Å²) in [6.45, 7) is 10.3. The number of carboxylic acids is 1. The fraction of sp³-hybridized carbons (Fsp3) is 0.571. The van der Waals surface area contributed by atoms with Gasteiger partial charge in [-0.15, -0.1) is 0 Å². The lowest BCUT2D eigenvalue weighted by molar-refractivity contribution is -0.160. The van der Waals surface area contributed by atoms with Gasteiger partial charge in [-0.3, -0.25) is 4.79 Å². The van der Waals surface area contributed by atoms with E-state index in [2.05, 4.69) is 33.0 Å². The molecule has 1 rings (SSSR count). The molecule has 2 atom stereocenters. The van der Waals surface area contributed by atoms with Crippen molar-refractivity contribution in [3.8, 4) is 0 Å². The van der Waals surface area contributed by atoms with E-state index in [0.29, 0.717) is 6.42 Å². The van der Waals surface area contributed by atoms with E-state index in [0.717, 1.165) is 9.13 Å². The van der Waals surface area contributed by atoms with Crippen molar-refractivity contribution in [3.63, 3.8) is 0 Å². The fourth-order valence-electron chi connectivity index (χ4n) is 2.50. The molecule has 0 aliphatic rings. The number of halogens is 1. The summed E-state index contributed by atoms with van der Waals surface area (Å²) in [6.07, 6.45) is -0.642. The zero-order chi connectivity index (χ0) is 23.1. The molecule has 0 fully saturated rings. The van der Waals surface area contributed by atoms with Crippen molar-refractivity contribution >= 4 is 40.6 Å². The largest absolute Gasteiger partial charge is 0.480 e. The molecule has 0 heterocycles. The molecule has 0 unspecified atom stereocenters. The van der Waals surface area contributed by atoms with Crippen LogP contribution in [0.4, 0.5) is 4.79 Å². The highest BCUT2D eigenvalue weighted by Gasteiger charge is 2.32. The van der Waals surface area contributed by atoms with Crippen LogP contribution in [0.15, 0.2) is 24.3 Å². The zero-order valence-electron chi connectivity index (χ0n) is 18.7. The maximum atomic E-state index is 12.8. The Morgan fingerprint density at radius 3 is 2.10 bits per heavy atom. The first-order chi connectivity index (χ1) is 13.7. The van der Waals surface area contributed by atoms with Crippen molar-refractivity contribution in [1.29, 1.82) is 1.43 Å². The lowest BCUT2D eigenvalue weighted by atomic mass is 9.92. The second kappa shape index (κ2) is 10.3. The zero-order valence-corrected chi connectivity index (χ0v) is 19.9. The first kappa shape index (κ1) is 23.4. The van der Waals surface area contributed by atoms with Gasteiger partial charge in [0, 0.05) is 3.57 Å². The van der Waals surface area contributed by atoms with E-state index in [9.17, 15) is 14.4 Å². The standard InChI is InChI=1S/C21H30INO6/c1-20(2,3)28-18(26)14(11-13-7-9-15(22)10-8-13)12-16(17(24)25)23-19(27)29-21(4,5)6/h7-10,14,16H,11-12H2,1-6H3,(H,23,27)(H,24,25)/t14-,16-/m0/s1/i/hD. The van der Waals surface area contributed by atoms with Crippen LogP contribution < -0.4 is 5.32 Å². The number of hydrogen-bond donors (Lipinski definition) is 2. The van der Waals surface area contributed by atoms with Crippen molar-refractivity contribution in [1.82, 2.24) is 5.32 Å². The molecular weight excluding hydrogens is 489 g/mol. The number of carbonyl (C=O) groups is 3. The molecule has 2 N–H and O–H groups in total. The molecule has 1 aromatic rings. The average molecular weight is 520 g/mol. The lowest BCUT2D eigenvalue weighted by Crippen LogP contribution is -2.45. The number of amides is 1. The van der Waals surface area contributed by atoms with Crippen molar-refractivity contribution in [2.75, 3.05) is 0 Å². The van der Waals surface area contributed by atoms with Crippen LogP contribution in [0.3, 0.4) is 0 Å². The maximum absolute atomic E-state index is 12.8. The number of nitrogens with one attached hydrogen (secondary N) is 1. The van der Waals surface area contributed by atoms with Crippen LogP contribution in [0.25, 0.3) is 1.43 Å². The van der Waals surface area contributed by atoms with E-state index in [4.69, 9.17) is 10.9 Å². The number of benzene rings is 1. The fourth-order valence-corrected chi connectivity index (χ4v) is 2.86. The van der Waals surface area contributed by atoms with Crippen LogP contribution in [-0.4, -0.2) is 40.4 Å². The molecule has 0 radical (unpaired) electrons. The second-order valence-electron chi connectivity index (χ2n) is 8.81. The van der Waals surface area contributed by atoms with E-state index in [1.807, 2.05) is 24.3 Å². The maximum Gasteiger partial charge on any atom is 0.408 e. The molecule has 0 aliphatic carbocycles. The quantitative estimate of drug-likeness (QED) is 0.414. The van der Waals surface area contributed by atoms with E-state index in [-0.39, 0.29) is 6.42 Å². The molecule has 0 bridgehead atoms. The minimum atomic E-state index is -1.24. The molecule has 1 aromatic carbocycles. The van der Waals surface area contributed by atoms with Crippen LogP contribution >= 0.6 is 22.6 Å². The van der Waals surface area contributed by atoms with Crippen LogP contribution in [0.5, 0.6) is 0 Å². The van der Waals surface area contributed by atoms with Gasteiger partial charge >= 0.3 is 18.0 Å². The van der Waals surface area contributed by atoms with Crippen LogP contribution in [0, 0.1) is 9.49 Å². The molecule has 1 amide bonds. The first-order valence-corrected chi connectivity index (χ1v) is 10.4. The monoisotopic (exact) mass is 520 g/mol. The van der Waals surface area contributed by atoms with Crippen molar-refractivity contribution < 1.29 is 29.0 Å². The number of esters is 1. The third kappa shape index (κ3) is 10.5. The second-order valence-corrected chi connectivity index (χ2v) is 10.1. The van der Waals surface area contributed by atoms with Crippen LogP contribution in [0.2, 0.25) is 0 Å². The van der Waals surface area contributed by atoms with Gasteiger partial charge < -0.3 is 19.9 Å². The Bertz CT molecular complexity index is 739. The topological polar surface area (TPSA) is 102 Å². The van der Waals surface area contributed by atoms with E-state index < -0.39 is 41.2 Å². The van der Waals surface area contributed by atoms with Crippen molar-refractivity contribution in [2.24, 2.45) is 5.92 Å². The van der Waals surface area contributed by atoms with Gasteiger partial charge in [-0.1, -0.05) is 12.1 Å². The number of alkyl carbamates (subject to hydrolysis) is 1. The third-order valence-electron chi connectivity index (χ3n) is 3.63. The Hall–Kier alpha value is -1.84. The molecule has 0 aliphatic heterocycles. The number of ether oxygens (including phenoxy) is 2. The molecular formula is C21H30INO6. The summed E-state index contributed by atoms with van der Waals surface area (Å²) in [7, 11) is 0. The molecule has 0 saturated carbocycles. The molecule has 0 aromatic heterocycles. The van der Waals surface area contributed by atoms with Gasteiger partial charge in [-0.25, -0.2) is 9.59 Å². The van der Waals surface area contributed by atoms with E-state index >= 15 is 0 Å². The summed E-state index contributed by atoms with van der Waals surface area (Å²) in [6, 6.07) is 6.36. The Labute approximate surface area is 187 Å². The Balaban J connectivity index is 3.07. The molecule has 7 nitrogen and oxygen atoms in total. The molecule has 0 spiro atoms. The third-order valence-corrected chi connectivity index (χ3v) is 4.35. The van der Waals surface area contributed by atoms with Gasteiger partial charge in [0.15, 0.2) is 0 Å². The minimum Gasteiger partial charge on any atom is -0.480 e. The highest BCUT2D eigenvalue weighted by molar-refractivity contribution is 14.1. The summed E-state index contributed by atoms with van der Waals surface area (Å²) < 4.78 is 18.7. The number of rotatable bonds is 7. The normalized spacial score (nSPS) is 14.2. The SMILES string of the molecule is [2H]OC(=O)[C@H](C[C@H](Cc1ccc(I)cc1)C(=O)OC(C)(C)C)NC(=O)OC(C)(C)C. The van der Waals surface area contributed by atoms with Gasteiger partial charge in [0.05, 0.1) is 5.92 Å². The summed E-state index contributed by atoms with van der Waals surface area (Å²) in [5.74, 6) is -2.24. The Morgan fingerprint density at radius 2 is 1.62 bits per heavy atom. The summed E-state index contributed by atoms with van der Waals surface area (Å²) in [4.78, 5) is 37.1. The molecule has 8 heteroatoms. The predicted molar refractivity (Wildman–Crippen MR) is 118 cm³/mol. The average Bonchev–Trinajstić information content (AvgIpc) is 2.58. The summed E-state index contributed by atoms with van der Waals surface area (Å²) in [5, 5.41) is 6.48. The van der Waals surface area contributed by atoms with Gasteiger partial charge in [0.1, 0.15) is 17.2 Å². The smallest absolute Gasteiger partial charge is 0.408 e. The number of hydrogen-bond acceptors (Lipinski definition) is 6. The highest BCUT2D eigenvalue weighted by atomic mass is 127. The van der Waals surface area contributed by atoms with Gasteiger partial charge in [0.25, 0.3) is 1.43 Å². The predicted octanol–water partition coefficient (Wildman–Crippen LogP) is 4.16. The van der Waals surface area contributed by atoms with Gasteiger partial charge in [0.2, 0.25) is 0 Å². The Kier molecular flexibility index (Phi) is 8.30. The summed E-state index contributed by atoms with van der Waals surface area (Å²) in [5.41, 5.74) is -0.613. The summed E-state index contributed by atoms with van der Waals surface area (Å²) >= 11 is 2.18. The first-order valence-electron chi connectivity index (χ1n) is 9.75. The number of carboxylic acid groups (broad SMARTS) is 1. The van der Waals surface area contributed by atoms with Crippen LogP contribution in [0.1, 0.15) is 53.5 Å². The van der Waals surface area contributed by atoms with E-state index in [1.165, 1.54) is 0 Å². The van der Waals surface area contributed by atoms with Gasteiger partial charge in [-0.05, 0) is 94.7 Å². The van der Waals surface area contributed by atoms with Crippen molar-refractivity contribution in [2.45, 2.75) is 71.6 Å². The van der Waals surface area contributed by atoms with Crippen LogP contribution in [-0.2, 0) is 25.5 Å². The molecule has 29 heavy (non-hydrogen) atoms. The minimum absolute atomic E-state index is 0.0993. The molecule has 162 valence electrons. The number of aliphatic carboxylic acids is 1. The highest BCUT2D eigenvalue weighted by Crippen LogP contribution is 2.21. The van der Waals surface area contributed by atoms with Gasteiger partial charge in [-0.2, -0.15) is 0 Å².